The maximum atomic E-state index is 6.17. The maximum Gasteiger partial charge on any atom is 0.258 e. The van der Waals surface area contributed by atoms with Crippen molar-refractivity contribution < 1.29 is 9.26 Å². The number of aryl methyl sites for hydroxylation is 1. The second-order valence-electron chi connectivity index (χ2n) is 6.94. The lowest BCUT2D eigenvalue weighted by atomic mass is 10.0. The molecule has 0 atom stereocenters. The van der Waals surface area contributed by atoms with Gasteiger partial charge in [-0.2, -0.15) is 4.98 Å². The smallest absolute Gasteiger partial charge is 0.258 e. The molecule has 3 aromatic rings. The molecule has 4 rings (SSSR count). The monoisotopic (exact) mass is 365 g/mol. The number of hydrogen-bond acceptors (Lipinski definition) is 7. The number of nitrogens with zero attached hydrogens (tertiary/aromatic N) is 3. The summed E-state index contributed by atoms with van der Waals surface area (Å²) in [4.78, 5) is 4.55. The molecule has 7 nitrogen and oxygen atoms in total. The molecular formula is C20H23N5O2. The van der Waals surface area contributed by atoms with Crippen LogP contribution in [0.1, 0.15) is 25.8 Å². The Bertz CT molecular complexity index is 967. The lowest BCUT2D eigenvalue weighted by molar-refractivity contribution is 0.289. The fourth-order valence-electron chi connectivity index (χ4n) is 3.22. The molecule has 140 valence electrons. The number of para-hydroxylation sites is 1. The van der Waals surface area contributed by atoms with E-state index in [-0.39, 0.29) is 6.04 Å². The quantitative estimate of drug-likeness (QED) is 0.415. The zero-order valence-electron chi connectivity index (χ0n) is 15.5. The highest BCUT2D eigenvalue weighted by Crippen LogP contribution is 2.36. The number of fused-ring (bicyclic) bond motifs is 1. The van der Waals surface area contributed by atoms with Gasteiger partial charge >= 0.3 is 0 Å². The minimum atomic E-state index is 0.136. The molecule has 7 heteroatoms. The molecule has 0 aliphatic carbocycles. The number of aromatic nitrogens is 2. The van der Waals surface area contributed by atoms with Crippen LogP contribution in [0.4, 0.5) is 11.4 Å². The van der Waals surface area contributed by atoms with Gasteiger partial charge in [-0.15, -0.1) is 0 Å². The third kappa shape index (κ3) is 3.21. The summed E-state index contributed by atoms with van der Waals surface area (Å²) in [5.41, 5.74) is 10.3. The van der Waals surface area contributed by atoms with Gasteiger partial charge in [0, 0.05) is 11.6 Å². The average molecular weight is 365 g/mol. The van der Waals surface area contributed by atoms with Crippen LogP contribution in [0.15, 0.2) is 40.9 Å². The fourth-order valence-corrected chi connectivity index (χ4v) is 3.22. The van der Waals surface area contributed by atoms with Crippen molar-refractivity contribution >= 4 is 11.4 Å². The topological polar surface area (TPSA) is 103 Å². The fraction of sp³-hybridized carbons (Fsp3) is 0.300. The summed E-state index contributed by atoms with van der Waals surface area (Å²) in [7, 11) is 0. The zero-order valence-corrected chi connectivity index (χ0v) is 15.5. The molecule has 4 N–H and O–H groups in total. The van der Waals surface area contributed by atoms with Gasteiger partial charge in [0.1, 0.15) is 5.75 Å². The molecule has 0 saturated carbocycles. The molecule has 27 heavy (non-hydrogen) atoms. The van der Waals surface area contributed by atoms with Gasteiger partial charge in [-0.1, -0.05) is 17.3 Å². The molecule has 0 radical (unpaired) electrons. The minimum absolute atomic E-state index is 0.136. The van der Waals surface area contributed by atoms with Crippen molar-refractivity contribution in [2.75, 3.05) is 17.3 Å². The van der Waals surface area contributed by atoms with Crippen LogP contribution < -0.4 is 21.3 Å². The number of benzene rings is 2. The van der Waals surface area contributed by atoms with Crippen LogP contribution >= 0.6 is 0 Å². The zero-order chi connectivity index (χ0) is 19.0. The Morgan fingerprint density at radius 2 is 2.04 bits per heavy atom. The molecule has 0 unspecified atom stereocenters. The lowest BCUT2D eigenvalue weighted by Crippen LogP contribution is -2.37. The highest BCUT2D eigenvalue weighted by atomic mass is 16.5. The maximum absolute atomic E-state index is 6.17. The van der Waals surface area contributed by atoms with E-state index in [1.165, 1.54) is 5.56 Å². The largest absolute Gasteiger partial charge is 0.493 e. The first kappa shape index (κ1) is 17.4. The van der Waals surface area contributed by atoms with Gasteiger partial charge in [0.2, 0.25) is 5.82 Å². The van der Waals surface area contributed by atoms with Gasteiger partial charge in [0.05, 0.1) is 23.5 Å². The van der Waals surface area contributed by atoms with E-state index in [1.54, 1.807) is 11.1 Å². The normalized spacial score (nSPS) is 13.3. The van der Waals surface area contributed by atoms with Crippen LogP contribution in [-0.2, 0) is 6.42 Å². The van der Waals surface area contributed by atoms with Gasteiger partial charge in [-0.05, 0) is 56.5 Å². The SMILES string of the molecule is CC(C)N(N)c1ccc(-c2nc(-c3cccc4c3OCCC4)no2)cc1N. The molecule has 1 aliphatic heterocycles. The van der Waals surface area contributed by atoms with Crippen molar-refractivity contribution in [3.05, 3.63) is 42.0 Å². The number of hydrazine groups is 1. The Morgan fingerprint density at radius 3 is 2.81 bits per heavy atom. The van der Waals surface area contributed by atoms with Crippen LogP contribution in [0.25, 0.3) is 22.8 Å². The summed E-state index contributed by atoms with van der Waals surface area (Å²) < 4.78 is 11.3. The summed E-state index contributed by atoms with van der Waals surface area (Å²) >= 11 is 0. The molecule has 0 saturated heterocycles. The van der Waals surface area contributed by atoms with Gasteiger partial charge in [-0.3, -0.25) is 0 Å². The molecule has 0 bridgehead atoms. The van der Waals surface area contributed by atoms with E-state index in [9.17, 15) is 0 Å². The molecular weight excluding hydrogens is 342 g/mol. The first-order chi connectivity index (χ1) is 13.0. The predicted octanol–water partition coefficient (Wildman–Crippen LogP) is 3.40. The van der Waals surface area contributed by atoms with Crippen molar-refractivity contribution in [3.63, 3.8) is 0 Å². The molecule has 1 aromatic heterocycles. The molecule has 2 heterocycles. The Balaban J connectivity index is 1.67. The Labute approximate surface area is 157 Å². The molecule has 0 amide bonds. The van der Waals surface area contributed by atoms with Crippen molar-refractivity contribution in [1.29, 1.82) is 0 Å². The summed E-state index contributed by atoms with van der Waals surface area (Å²) in [6, 6.07) is 11.7. The molecule has 2 aromatic carbocycles. The van der Waals surface area contributed by atoms with Gasteiger partial charge in [0.25, 0.3) is 5.89 Å². The third-order valence-electron chi connectivity index (χ3n) is 4.71. The molecule has 0 fully saturated rings. The average Bonchev–Trinajstić information content (AvgIpc) is 3.17. The number of nitrogen functional groups attached to an aromatic ring is 1. The summed E-state index contributed by atoms with van der Waals surface area (Å²) in [6.07, 6.45) is 2.02. The van der Waals surface area contributed by atoms with Gasteiger partial charge < -0.3 is 20.0 Å². The van der Waals surface area contributed by atoms with Gasteiger partial charge in [0.15, 0.2) is 0 Å². The van der Waals surface area contributed by atoms with Crippen molar-refractivity contribution in [2.45, 2.75) is 32.7 Å². The number of anilines is 2. The van der Waals surface area contributed by atoms with Crippen LogP contribution in [-0.4, -0.2) is 22.8 Å². The second-order valence-corrected chi connectivity index (χ2v) is 6.94. The lowest BCUT2D eigenvalue weighted by Gasteiger charge is -2.24. The number of rotatable bonds is 4. The van der Waals surface area contributed by atoms with E-state index in [4.69, 9.17) is 20.8 Å². The number of hydrogen-bond donors (Lipinski definition) is 2. The minimum Gasteiger partial charge on any atom is -0.493 e. The van der Waals surface area contributed by atoms with Crippen LogP contribution in [0.2, 0.25) is 0 Å². The van der Waals surface area contributed by atoms with E-state index < -0.39 is 0 Å². The molecule has 0 spiro atoms. The van der Waals surface area contributed by atoms with Gasteiger partial charge in [-0.25, -0.2) is 5.84 Å². The van der Waals surface area contributed by atoms with Crippen molar-refractivity contribution in [1.82, 2.24) is 10.1 Å². The van der Waals surface area contributed by atoms with E-state index in [0.717, 1.165) is 35.4 Å². The third-order valence-corrected chi connectivity index (χ3v) is 4.71. The van der Waals surface area contributed by atoms with Crippen molar-refractivity contribution in [3.8, 4) is 28.6 Å². The first-order valence-corrected chi connectivity index (χ1v) is 9.07. The van der Waals surface area contributed by atoms with Crippen molar-refractivity contribution in [2.24, 2.45) is 5.84 Å². The standard InChI is InChI=1S/C20H23N5O2/c1-12(2)25(22)17-9-8-14(11-16(17)21)20-23-19(24-27-20)15-7-3-5-13-6-4-10-26-18(13)15/h3,5,7-9,11-12H,4,6,10,21-22H2,1-2H3. The van der Waals surface area contributed by atoms with E-state index in [0.29, 0.717) is 24.0 Å². The Morgan fingerprint density at radius 1 is 1.19 bits per heavy atom. The number of ether oxygens (including phenoxy) is 1. The summed E-state index contributed by atoms with van der Waals surface area (Å²) in [6.45, 7) is 4.71. The second kappa shape index (κ2) is 6.92. The highest BCUT2D eigenvalue weighted by molar-refractivity contribution is 5.75. The predicted molar refractivity (Wildman–Crippen MR) is 105 cm³/mol. The summed E-state index contributed by atoms with van der Waals surface area (Å²) in [5.74, 6) is 7.82. The number of nitrogens with two attached hydrogens (primary N) is 2. The van der Waals surface area contributed by atoms with E-state index >= 15 is 0 Å². The molecule has 1 aliphatic rings. The summed E-state index contributed by atoms with van der Waals surface area (Å²) in [5, 5.41) is 5.78. The van der Waals surface area contributed by atoms with Crippen LogP contribution in [0, 0.1) is 0 Å². The first-order valence-electron chi connectivity index (χ1n) is 9.07. The van der Waals surface area contributed by atoms with E-state index in [2.05, 4.69) is 16.2 Å². The van der Waals surface area contributed by atoms with Crippen LogP contribution in [0.3, 0.4) is 0 Å². The highest BCUT2D eigenvalue weighted by Gasteiger charge is 2.20. The Kier molecular flexibility index (Phi) is 4.45. The van der Waals surface area contributed by atoms with Crippen LogP contribution in [0.5, 0.6) is 5.75 Å². The van der Waals surface area contributed by atoms with E-state index in [1.807, 2.05) is 38.1 Å². The Hall–Kier alpha value is -3.06.